The van der Waals surface area contributed by atoms with E-state index in [1.54, 1.807) is 35.1 Å². The molecule has 1 N–H and O–H groups in total. The van der Waals surface area contributed by atoms with Gasteiger partial charge in [0.2, 0.25) is 10.0 Å². The molecule has 0 amide bonds. The van der Waals surface area contributed by atoms with Crippen LogP contribution in [0.5, 0.6) is 0 Å². The van der Waals surface area contributed by atoms with Crippen molar-refractivity contribution >= 4 is 21.4 Å². The zero-order valence-corrected chi connectivity index (χ0v) is 9.74. The van der Waals surface area contributed by atoms with Crippen molar-refractivity contribution in [1.82, 2.24) is 9.38 Å². The molecule has 86 valence electrons. The summed E-state index contributed by atoms with van der Waals surface area (Å²) >= 11 is 0. The largest absolute Gasteiger partial charge is 0.305 e. The molecule has 0 fully saturated rings. The number of sulfonamides is 1. The van der Waals surface area contributed by atoms with Crippen LogP contribution in [0.1, 0.15) is 13.3 Å². The fourth-order valence-electron chi connectivity index (χ4n) is 1.48. The lowest BCUT2D eigenvalue weighted by Crippen LogP contribution is -2.16. The van der Waals surface area contributed by atoms with Gasteiger partial charge in [0, 0.05) is 18.6 Å². The monoisotopic (exact) mass is 239 g/mol. The van der Waals surface area contributed by atoms with Crippen LogP contribution in [0, 0.1) is 0 Å². The van der Waals surface area contributed by atoms with Crippen LogP contribution in [-0.4, -0.2) is 23.6 Å². The van der Waals surface area contributed by atoms with E-state index in [1.165, 1.54) is 0 Å². The molecule has 0 bridgehead atoms. The molecule has 2 rings (SSSR count). The summed E-state index contributed by atoms with van der Waals surface area (Å²) in [5, 5.41) is 0. The van der Waals surface area contributed by atoms with Crippen LogP contribution >= 0.6 is 0 Å². The van der Waals surface area contributed by atoms with Crippen molar-refractivity contribution in [2.75, 3.05) is 10.5 Å². The van der Waals surface area contributed by atoms with Gasteiger partial charge in [0.1, 0.15) is 5.65 Å². The number of anilines is 1. The Morgan fingerprint density at radius 2 is 2.25 bits per heavy atom. The van der Waals surface area contributed by atoms with Crippen LogP contribution in [0.15, 0.2) is 30.7 Å². The summed E-state index contributed by atoms with van der Waals surface area (Å²) in [6.45, 7) is 1.83. The molecule has 2 aromatic heterocycles. The predicted octanol–water partition coefficient (Wildman–Crippen LogP) is 1.49. The van der Waals surface area contributed by atoms with Crippen molar-refractivity contribution in [1.29, 1.82) is 0 Å². The summed E-state index contributed by atoms with van der Waals surface area (Å²) < 4.78 is 27.4. The highest BCUT2D eigenvalue weighted by Gasteiger charge is 2.08. The number of nitrogens with one attached hydrogen (secondary N) is 1. The van der Waals surface area contributed by atoms with Crippen molar-refractivity contribution in [3.63, 3.8) is 0 Å². The molecular formula is C10H13N3O2S. The number of hydrogen-bond acceptors (Lipinski definition) is 3. The van der Waals surface area contributed by atoms with Crippen LogP contribution in [0.25, 0.3) is 5.65 Å². The molecule has 6 heteroatoms. The second-order valence-electron chi connectivity index (χ2n) is 3.53. The normalized spacial score (nSPS) is 11.8. The van der Waals surface area contributed by atoms with Gasteiger partial charge in [0.05, 0.1) is 11.4 Å². The lowest BCUT2D eigenvalue weighted by atomic mass is 10.4. The molecule has 0 atom stereocenters. The Kier molecular flexibility index (Phi) is 2.82. The fraction of sp³-hybridized carbons (Fsp3) is 0.300. The molecule has 0 unspecified atom stereocenters. The molecule has 0 aromatic carbocycles. The van der Waals surface area contributed by atoms with Crippen LogP contribution in [0.3, 0.4) is 0 Å². The van der Waals surface area contributed by atoms with Crippen LogP contribution in [-0.2, 0) is 10.0 Å². The van der Waals surface area contributed by atoms with E-state index in [4.69, 9.17) is 0 Å². The van der Waals surface area contributed by atoms with Crippen molar-refractivity contribution in [2.24, 2.45) is 0 Å². The lowest BCUT2D eigenvalue weighted by Gasteiger charge is -2.06. The third-order valence-electron chi connectivity index (χ3n) is 2.13. The Hall–Kier alpha value is -1.56. The van der Waals surface area contributed by atoms with E-state index in [0.29, 0.717) is 12.1 Å². The van der Waals surface area contributed by atoms with E-state index >= 15 is 0 Å². The maximum absolute atomic E-state index is 11.5. The first kappa shape index (κ1) is 10.9. The molecule has 0 saturated heterocycles. The third kappa shape index (κ3) is 2.33. The highest BCUT2D eigenvalue weighted by atomic mass is 32.2. The second kappa shape index (κ2) is 4.13. The molecule has 2 aromatic rings. The zero-order valence-electron chi connectivity index (χ0n) is 8.92. The Balaban J connectivity index is 2.27. The molecule has 0 spiro atoms. The van der Waals surface area contributed by atoms with Gasteiger partial charge in [0.25, 0.3) is 0 Å². The number of rotatable bonds is 4. The van der Waals surface area contributed by atoms with Crippen molar-refractivity contribution in [3.05, 3.63) is 30.7 Å². The third-order valence-corrected chi connectivity index (χ3v) is 3.63. The second-order valence-corrected chi connectivity index (χ2v) is 5.37. The van der Waals surface area contributed by atoms with Crippen molar-refractivity contribution in [3.8, 4) is 0 Å². The Bertz CT molecular complexity index is 589. The zero-order chi connectivity index (χ0) is 11.6. The molecule has 0 saturated carbocycles. The Labute approximate surface area is 94.2 Å². The smallest absolute Gasteiger partial charge is 0.232 e. The van der Waals surface area contributed by atoms with Gasteiger partial charge < -0.3 is 4.40 Å². The molecular weight excluding hydrogens is 226 g/mol. The van der Waals surface area contributed by atoms with Gasteiger partial charge >= 0.3 is 0 Å². The number of fused-ring (bicyclic) bond motifs is 1. The van der Waals surface area contributed by atoms with E-state index in [1.807, 2.05) is 6.92 Å². The van der Waals surface area contributed by atoms with Gasteiger partial charge in [0.15, 0.2) is 0 Å². The average Bonchev–Trinajstić information content (AvgIpc) is 2.63. The highest BCUT2D eigenvalue weighted by Crippen LogP contribution is 2.11. The minimum atomic E-state index is -3.22. The van der Waals surface area contributed by atoms with Crippen LogP contribution in [0.4, 0.5) is 5.69 Å². The van der Waals surface area contributed by atoms with Crippen LogP contribution in [0.2, 0.25) is 0 Å². The first-order chi connectivity index (χ1) is 7.61. The number of hydrogen-bond donors (Lipinski definition) is 1. The molecule has 0 aliphatic carbocycles. The Morgan fingerprint density at radius 3 is 3.00 bits per heavy atom. The summed E-state index contributed by atoms with van der Waals surface area (Å²) in [6, 6.07) is 3.47. The van der Waals surface area contributed by atoms with E-state index in [9.17, 15) is 8.42 Å². The fourth-order valence-corrected chi connectivity index (χ4v) is 2.60. The number of aromatic nitrogens is 2. The maximum atomic E-state index is 11.5. The van der Waals surface area contributed by atoms with Gasteiger partial charge in [-0.15, -0.1) is 0 Å². The predicted molar refractivity (Wildman–Crippen MR) is 62.9 cm³/mol. The van der Waals surface area contributed by atoms with E-state index in [-0.39, 0.29) is 5.75 Å². The summed E-state index contributed by atoms with van der Waals surface area (Å²) in [5.41, 5.74) is 1.34. The van der Waals surface area contributed by atoms with Crippen molar-refractivity contribution < 1.29 is 8.42 Å². The number of pyridine rings is 1. The Morgan fingerprint density at radius 1 is 1.44 bits per heavy atom. The lowest BCUT2D eigenvalue weighted by molar-refractivity contribution is 0.600. The number of imidazole rings is 1. The first-order valence-corrected chi connectivity index (χ1v) is 6.69. The average molecular weight is 239 g/mol. The molecule has 0 radical (unpaired) electrons. The van der Waals surface area contributed by atoms with E-state index in [0.717, 1.165) is 5.65 Å². The van der Waals surface area contributed by atoms with Gasteiger partial charge in [-0.1, -0.05) is 6.92 Å². The van der Waals surface area contributed by atoms with Gasteiger partial charge in [-0.25, -0.2) is 13.4 Å². The molecule has 0 aliphatic heterocycles. The molecule has 0 aliphatic rings. The van der Waals surface area contributed by atoms with Crippen LogP contribution < -0.4 is 4.72 Å². The summed E-state index contributed by atoms with van der Waals surface area (Å²) in [4.78, 5) is 4.08. The first-order valence-electron chi connectivity index (χ1n) is 5.04. The summed E-state index contributed by atoms with van der Waals surface area (Å²) in [7, 11) is -3.22. The maximum Gasteiger partial charge on any atom is 0.232 e. The molecule has 5 nitrogen and oxygen atoms in total. The van der Waals surface area contributed by atoms with E-state index < -0.39 is 10.0 Å². The minimum absolute atomic E-state index is 0.134. The molecule has 16 heavy (non-hydrogen) atoms. The van der Waals surface area contributed by atoms with Crippen molar-refractivity contribution in [2.45, 2.75) is 13.3 Å². The van der Waals surface area contributed by atoms with Gasteiger partial charge in [-0.2, -0.15) is 0 Å². The molecule has 2 heterocycles. The quantitative estimate of drug-likeness (QED) is 0.879. The minimum Gasteiger partial charge on any atom is -0.305 e. The van der Waals surface area contributed by atoms with Gasteiger partial charge in [-0.05, 0) is 18.6 Å². The summed E-state index contributed by atoms with van der Waals surface area (Å²) in [6.07, 6.45) is 5.74. The van der Waals surface area contributed by atoms with E-state index in [2.05, 4.69) is 9.71 Å². The standard InChI is InChI=1S/C10H13N3O2S/c1-2-7-16(14,15)12-9-3-4-10-11-5-6-13(10)8-9/h3-6,8,12H,2,7H2,1H3. The van der Waals surface area contributed by atoms with Gasteiger partial charge in [-0.3, -0.25) is 4.72 Å². The topological polar surface area (TPSA) is 63.5 Å². The summed E-state index contributed by atoms with van der Waals surface area (Å²) in [5.74, 6) is 0.134. The SMILES string of the molecule is CCCS(=O)(=O)Nc1ccc2nccn2c1. The number of nitrogens with zero attached hydrogens (tertiary/aromatic N) is 2. The highest BCUT2D eigenvalue weighted by molar-refractivity contribution is 7.92.